The predicted octanol–water partition coefficient (Wildman–Crippen LogP) is 2.65. The van der Waals surface area contributed by atoms with Gasteiger partial charge >= 0.3 is 0 Å². The number of amides is 1. The quantitative estimate of drug-likeness (QED) is 0.673. The van der Waals surface area contributed by atoms with Crippen LogP contribution in [-0.4, -0.2) is 38.2 Å². The molecule has 1 atom stereocenters. The van der Waals surface area contributed by atoms with Crippen molar-refractivity contribution in [2.45, 2.75) is 17.3 Å². The molecule has 1 amide bonds. The van der Waals surface area contributed by atoms with E-state index in [-0.39, 0.29) is 12.7 Å². The fraction of sp³-hybridized carbons (Fsp3) is 0.176. The van der Waals surface area contributed by atoms with Gasteiger partial charge in [0.05, 0.1) is 10.9 Å². The molecule has 0 fully saturated rings. The van der Waals surface area contributed by atoms with Crippen molar-refractivity contribution in [3.05, 3.63) is 48.3 Å². The molecule has 4 rings (SSSR count). The molecule has 1 aliphatic rings. The highest BCUT2D eigenvalue weighted by Gasteiger charge is 2.21. The van der Waals surface area contributed by atoms with Crippen LogP contribution >= 0.6 is 11.8 Å². The normalized spacial score (nSPS) is 13.4. The van der Waals surface area contributed by atoms with Crippen LogP contribution in [0.5, 0.6) is 11.5 Å². The molecule has 1 aromatic heterocycles. The molecular weight excluding hydrogens is 373 g/mol. The van der Waals surface area contributed by atoms with Crippen molar-refractivity contribution in [3.8, 4) is 17.2 Å². The van der Waals surface area contributed by atoms with E-state index in [2.05, 4.69) is 20.8 Å². The standard InChI is InChI=1S/C17H14FN5O3S/c1-10(16(24)19-12-5-6-14-15(8-12)26-9-25-14)27-17-20-21-22-23(17)13-4-2-3-11(18)7-13/h2-8,10H,9H2,1H3,(H,19,24)/t10-/m1/s1. The molecule has 3 aromatic rings. The summed E-state index contributed by atoms with van der Waals surface area (Å²) in [5.41, 5.74) is 1.08. The van der Waals surface area contributed by atoms with Gasteiger partial charge in [-0.3, -0.25) is 4.79 Å². The van der Waals surface area contributed by atoms with Gasteiger partial charge in [-0.05, 0) is 47.7 Å². The molecule has 1 aliphatic heterocycles. The summed E-state index contributed by atoms with van der Waals surface area (Å²) in [5.74, 6) is 0.605. The van der Waals surface area contributed by atoms with Gasteiger partial charge in [0.2, 0.25) is 17.9 Å². The van der Waals surface area contributed by atoms with E-state index in [0.717, 1.165) is 0 Å². The van der Waals surface area contributed by atoms with Crippen molar-refractivity contribution in [1.29, 1.82) is 0 Å². The Balaban J connectivity index is 1.46. The van der Waals surface area contributed by atoms with E-state index >= 15 is 0 Å². The Bertz CT molecular complexity index is 996. The molecule has 0 unspecified atom stereocenters. The van der Waals surface area contributed by atoms with Crippen molar-refractivity contribution in [3.63, 3.8) is 0 Å². The molecule has 0 radical (unpaired) electrons. The number of halogens is 1. The summed E-state index contributed by atoms with van der Waals surface area (Å²) in [7, 11) is 0. The zero-order valence-corrected chi connectivity index (χ0v) is 14.9. The fourth-order valence-corrected chi connectivity index (χ4v) is 3.26. The number of ether oxygens (including phenoxy) is 2. The van der Waals surface area contributed by atoms with Crippen LogP contribution in [0.4, 0.5) is 10.1 Å². The van der Waals surface area contributed by atoms with Crippen molar-refractivity contribution in [2.24, 2.45) is 0 Å². The third kappa shape index (κ3) is 3.70. The molecule has 8 nitrogen and oxygen atoms in total. The third-order valence-electron chi connectivity index (χ3n) is 3.79. The largest absolute Gasteiger partial charge is 0.454 e. The number of hydrogen-bond donors (Lipinski definition) is 1. The molecule has 1 N–H and O–H groups in total. The Labute approximate surface area is 157 Å². The average molecular weight is 387 g/mol. The number of hydrogen-bond acceptors (Lipinski definition) is 7. The highest BCUT2D eigenvalue weighted by molar-refractivity contribution is 8.00. The molecule has 2 aromatic carbocycles. The van der Waals surface area contributed by atoms with Gasteiger partial charge in [-0.2, -0.15) is 4.68 Å². The summed E-state index contributed by atoms with van der Waals surface area (Å²) in [6, 6.07) is 11.1. The SMILES string of the molecule is C[C@@H](Sc1nnnn1-c1cccc(F)c1)C(=O)Nc1ccc2c(c1)OCO2. The first-order valence-corrected chi connectivity index (χ1v) is 8.89. The number of tetrazole rings is 1. The van der Waals surface area contributed by atoms with E-state index < -0.39 is 11.1 Å². The first-order valence-electron chi connectivity index (χ1n) is 8.01. The number of nitrogens with one attached hydrogen (secondary N) is 1. The Morgan fingerprint density at radius 3 is 2.96 bits per heavy atom. The smallest absolute Gasteiger partial charge is 0.237 e. The van der Waals surface area contributed by atoms with Crippen LogP contribution in [0.1, 0.15) is 6.92 Å². The lowest BCUT2D eigenvalue weighted by atomic mass is 10.2. The van der Waals surface area contributed by atoms with Crippen LogP contribution in [0.15, 0.2) is 47.6 Å². The van der Waals surface area contributed by atoms with E-state index in [1.54, 1.807) is 37.3 Å². The Hall–Kier alpha value is -3.14. The lowest BCUT2D eigenvalue weighted by Crippen LogP contribution is -2.22. The third-order valence-corrected chi connectivity index (χ3v) is 4.82. The van der Waals surface area contributed by atoms with Gasteiger partial charge in [0.15, 0.2) is 11.5 Å². The molecule has 0 saturated heterocycles. The second-order valence-corrected chi connectivity index (χ2v) is 6.98. The van der Waals surface area contributed by atoms with E-state index in [1.807, 2.05) is 0 Å². The number of anilines is 1. The summed E-state index contributed by atoms with van der Waals surface area (Å²) < 4.78 is 25.4. The highest BCUT2D eigenvalue weighted by atomic mass is 32.2. The number of nitrogens with zero attached hydrogens (tertiary/aromatic N) is 4. The van der Waals surface area contributed by atoms with Crippen LogP contribution < -0.4 is 14.8 Å². The van der Waals surface area contributed by atoms with Crippen LogP contribution in [-0.2, 0) is 4.79 Å². The van der Waals surface area contributed by atoms with Crippen molar-refractivity contribution in [1.82, 2.24) is 20.2 Å². The molecule has 10 heteroatoms. The van der Waals surface area contributed by atoms with E-state index in [4.69, 9.17) is 9.47 Å². The number of aromatic nitrogens is 4. The second kappa shape index (κ2) is 7.23. The summed E-state index contributed by atoms with van der Waals surface area (Å²) in [6.45, 7) is 1.90. The number of fused-ring (bicyclic) bond motifs is 1. The Morgan fingerprint density at radius 2 is 2.11 bits per heavy atom. The molecule has 0 spiro atoms. The molecule has 0 aliphatic carbocycles. The maximum Gasteiger partial charge on any atom is 0.237 e. The first-order chi connectivity index (χ1) is 13.1. The summed E-state index contributed by atoms with van der Waals surface area (Å²) in [4.78, 5) is 12.5. The lowest BCUT2D eigenvalue weighted by Gasteiger charge is -2.12. The van der Waals surface area contributed by atoms with Gasteiger partial charge in [0, 0.05) is 11.8 Å². The van der Waals surface area contributed by atoms with Crippen molar-refractivity contribution < 1.29 is 18.7 Å². The Morgan fingerprint density at radius 1 is 1.26 bits per heavy atom. The zero-order chi connectivity index (χ0) is 18.8. The molecule has 2 heterocycles. The van der Waals surface area contributed by atoms with Gasteiger partial charge < -0.3 is 14.8 Å². The number of thioether (sulfide) groups is 1. The minimum Gasteiger partial charge on any atom is -0.454 e. The molecule has 138 valence electrons. The van der Waals surface area contributed by atoms with Crippen LogP contribution in [0.3, 0.4) is 0 Å². The van der Waals surface area contributed by atoms with E-state index in [0.29, 0.717) is 28.0 Å². The van der Waals surface area contributed by atoms with Crippen LogP contribution in [0.2, 0.25) is 0 Å². The summed E-state index contributed by atoms with van der Waals surface area (Å²) in [6.07, 6.45) is 0. The summed E-state index contributed by atoms with van der Waals surface area (Å²) >= 11 is 1.17. The van der Waals surface area contributed by atoms with Crippen molar-refractivity contribution in [2.75, 3.05) is 12.1 Å². The maximum atomic E-state index is 13.4. The number of carbonyl (C=O) groups excluding carboxylic acids is 1. The lowest BCUT2D eigenvalue weighted by molar-refractivity contribution is -0.115. The zero-order valence-electron chi connectivity index (χ0n) is 14.1. The van der Waals surface area contributed by atoms with Gasteiger partial charge in [-0.25, -0.2) is 4.39 Å². The highest BCUT2D eigenvalue weighted by Crippen LogP contribution is 2.34. The first kappa shape index (κ1) is 17.3. The van der Waals surface area contributed by atoms with Crippen LogP contribution in [0.25, 0.3) is 5.69 Å². The average Bonchev–Trinajstić information content (AvgIpc) is 3.30. The summed E-state index contributed by atoms with van der Waals surface area (Å²) in [5, 5.41) is 14.1. The predicted molar refractivity (Wildman–Crippen MR) is 95.6 cm³/mol. The topological polar surface area (TPSA) is 91.2 Å². The van der Waals surface area contributed by atoms with Gasteiger partial charge in [-0.15, -0.1) is 5.10 Å². The number of carbonyl (C=O) groups is 1. The van der Waals surface area contributed by atoms with Gasteiger partial charge in [-0.1, -0.05) is 17.8 Å². The minimum atomic E-state index is -0.492. The number of benzene rings is 2. The van der Waals surface area contributed by atoms with Gasteiger partial charge in [0.1, 0.15) is 5.82 Å². The monoisotopic (exact) mass is 387 g/mol. The van der Waals surface area contributed by atoms with E-state index in [9.17, 15) is 9.18 Å². The maximum absolute atomic E-state index is 13.4. The van der Waals surface area contributed by atoms with Crippen molar-refractivity contribution >= 4 is 23.4 Å². The minimum absolute atomic E-state index is 0.168. The van der Waals surface area contributed by atoms with Gasteiger partial charge in [0.25, 0.3) is 0 Å². The molecule has 27 heavy (non-hydrogen) atoms. The molecule has 0 bridgehead atoms. The molecule has 0 saturated carbocycles. The molecular formula is C17H14FN5O3S. The Kier molecular flexibility index (Phi) is 4.63. The van der Waals surface area contributed by atoms with E-state index in [1.165, 1.54) is 28.6 Å². The number of rotatable bonds is 5. The van der Waals surface area contributed by atoms with Crippen LogP contribution in [0, 0.1) is 5.82 Å². The second-order valence-electron chi connectivity index (χ2n) is 5.67. The fourth-order valence-electron chi connectivity index (χ4n) is 2.45.